The first-order chi connectivity index (χ1) is 21.0. The number of amides is 2. The van der Waals surface area contributed by atoms with Crippen LogP contribution in [0.3, 0.4) is 0 Å². The summed E-state index contributed by atoms with van der Waals surface area (Å²) < 4.78 is 26.9. The molecule has 0 saturated heterocycles. The Labute approximate surface area is 271 Å². The molecule has 2 amide bonds. The SMILES string of the molecule is Cc1c(Cl)cccc1N(CCCC(=O)N(Cc1ccc(Cl)cc1)C(Cc1ccccc1)C(=O)NC1CCCCC1)S(C)(=O)=O. The lowest BCUT2D eigenvalue weighted by molar-refractivity contribution is -0.141. The van der Waals surface area contributed by atoms with Crippen molar-refractivity contribution in [1.82, 2.24) is 10.2 Å². The second kappa shape index (κ2) is 15.8. The minimum Gasteiger partial charge on any atom is -0.352 e. The molecule has 7 nitrogen and oxygen atoms in total. The highest BCUT2D eigenvalue weighted by Gasteiger charge is 2.32. The fourth-order valence-electron chi connectivity index (χ4n) is 5.73. The van der Waals surface area contributed by atoms with Crippen molar-refractivity contribution in [2.24, 2.45) is 0 Å². The van der Waals surface area contributed by atoms with E-state index in [0.29, 0.717) is 27.7 Å². The van der Waals surface area contributed by atoms with E-state index >= 15 is 0 Å². The number of benzene rings is 3. The van der Waals surface area contributed by atoms with Crippen LogP contribution in [0.2, 0.25) is 10.0 Å². The topological polar surface area (TPSA) is 86.8 Å². The molecule has 3 aromatic carbocycles. The van der Waals surface area contributed by atoms with Crippen molar-refractivity contribution < 1.29 is 18.0 Å². The summed E-state index contributed by atoms with van der Waals surface area (Å²) in [6.45, 7) is 2.08. The highest BCUT2D eigenvalue weighted by Crippen LogP contribution is 2.29. The van der Waals surface area contributed by atoms with Crippen molar-refractivity contribution in [2.45, 2.75) is 76.9 Å². The molecule has 1 unspecified atom stereocenters. The summed E-state index contributed by atoms with van der Waals surface area (Å²) in [6.07, 6.45) is 7.00. The van der Waals surface area contributed by atoms with E-state index < -0.39 is 16.1 Å². The average Bonchev–Trinajstić information content (AvgIpc) is 3.00. The first-order valence-corrected chi connectivity index (χ1v) is 17.7. The van der Waals surface area contributed by atoms with Gasteiger partial charge in [-0.05, 0) is 67.1 Å². The second-order valence-corrected chi connectivity index (χ2v) is 14.3. The quantitative estimate of drug-likeness (QED) is 0.216. The van der Waals surface area contributed by atoms with Gasteiger partial charge < -0.3 is 10.2 Å². The normalized spacial score (nSPS) is 14.5. The summed E-state index contributed by atoms with van der Waals surface area (Å²) in [5.41, 5.74) is 2.93. The fraction of sp³-hybridized carbons (Fsp3) is 0.412. The second-order valence-electron chi connectivity index (χ2n) is 11.5. The average molecular weight is 659 g/mol. The largest absolute Gasteiger partial charge is 0.352 e. The number of nitrogens with zero attached hydrogens (tertiary/aromatic N) is 2. The molecule has 4 rings (SSSR count). The van der Waals surface area contributed by atoms with E-state index in [9.17, 15) is 18.0 Å². The molecule has 1 N–H and O–H groups in total. The zero-order valence-electron chi connectivity index (χ0n) is 25.3. The smallest absolute Gasteiger partial charge is 0.243 e. The van der Waals surface area contributed by atoms with E-state index in [4.69, 9.17) is 23.2 Å². The third-order valence-electron chi connectivity index (χ3n) is 8.15. The first-order valence-electron chi connectivity index (χ1n) is 15.1. The van der Waals surface area contributed by atoms with Crippen LogP contribution in [0.1, 0.15) is 61.6 Å². The first kappa shape index (κ1) is 33.8. The van der Waals surface area contributed by atoms with Crippen LogP contribution >= 0.6 is 23.2 Å². The van der Waals surface area contributed by atoms with Crippen molar-refractivity contribution in [3.05, 3.63) is 99.5 Å². The molecule has 1 saturated carbocycles. The molecule has 1 aliphatic carbocycles. The van der Waals surface area contributed by atoms with Gasteiger partial charge in [-0.25, -0.2) is 8.42 Å². The number of hydrogen-bond donors (Lipinski definition) is 1. The highest BCUT2D eigenvalue weighted by atomic mass is 35.5. The molecule has 3 aromatic rings. The van der Waals surface area contributed by atoms with E-state index in [-0.39, 0.29) is 43.8 Å². The van der Waals surface area contributed by atoms with Gasteiger partial charge in [0.2, 0.25) is 21.8 Å². The number of anilines is 1. The summed E-state index contributed by atoms with van der Waals surface area (Å²) >= 11 is 12.4. The van der Waals surface area contributed by atoms with Gasteiger partial charge in [-0.2, -0.15) is 0 Å². The van der Waals surface area contributed by atoms with E-state index in [1.54, 1.807) is 42.2 Å². The molecule has 1 atom stereocenters. The van der Waals surface area contributed by atoms with Gasteiger partial charge in [0.15, 0.2) is 0 Å². The van der Waals surface area contributed by atoms with Crippen LogP contribution in [0.5, 0.6) is 0 Å². The molecule has 0 radical (unpaired) electrons. The van der Waals surface area contributed by atoms with Crippen LogP contribution in [-0.2, 0) is 32.6 Å². The molecule has 0 aromatic heterocycles. The maximum atomic E-state index is 14.1. The van der Waals surface area contributed by atoms with Crippen LogP contribution in [-0.4, -0.2) is 50.0 Å². The zero-order chi connectivity index (χ0) is 31.7. The van der Waals surface area contributed by atoms with Crippen molar-refractivity contribution in [2.75, 3.05) is 17.1 Å². The van der Waals surface area contributed by atoms with E-state index in [2.05, 4.69) is 5.32 Å². The minimum absolute atomic E-state index is 0.0568. The molecule has 0 heterocycles. The number of rotatable bonds is 13. The lowest BCUT2D eigenvalue weighted by Gasteiger charge is -2.34. The molecule has 0 aliphatic heterocycles. The third kappa shape index (κ3) is 9.46. The van der Waals surface area contributed by atoms with Gasteiger partial charge in [-0.3, -0.25) is 13.9 Å². The Bertz CT molecular complexity index is 1510. The van der Waals surface area contributed by atoms with Gasteiger partial charge in [0.05, 0.1) is 11.9 Å². The predicted molar refractivity (Wildman–Crippen MR) is 179 cm³/mol. The Morgan fingerprint density at radius 3 is 2.25 bits per heavy atom. The van der Waals surface area contributed by atoms with Crippen LogP contribution in [0, 0.1) is 6.92 Å². The molecular formula is C34H41Cl2N3O4S. The van der Waals surface area contributed by atoms with Crippen LogP contribution in [0.25, 0.3) is 0 Å². The Kier molecular flexibility index (Phi) is 12.1. The van der Waals surface area contributed by atoms with Crippen LogP contribution < -0.4 is 9.62 Å². The van der Waals surface area contributed by atoms with Gasteiger partial charge >= 0.3 is 0 Å². The Hall–Kier alpha value is -3.07. The molecule has 236 valence electrons. The van der Waals surface area contributed by atoms with E-state index in [1.807, 2.05) is 42.5 Å². The number of halogens is 2. The summed E-state index contributed by atoms with van der Waals surface area (Å²) in [4.78, 5) is 29.7. The molecule has 0 spiro atoms. The van der Waals surface area contributed by atoms with Gasteiger partial charge in [0.25, 0.3) is 0 Å². The highest BCUT2D eigenvalue weighted by molar-refractivity contribution is 7.92. The maximum absolute atomic E-state index is 14.1. The van der Waals surface area contributed by atoms with Gasteiger partial charge in [0, 0.05) is 42.0 Å². The third-order valence-corrected chi connectivity index (χ3v) is 9.99. The Morgan fingerprint density at radius 2 is 1.59 bits per heavy atom. The lowest BCUT2D eigenvalue weighted by Crippen LogP contribution is -2.52. The minimum atomic E-state index is -3.64. The molecule has 44 heavy (non-hydrogen) atoms. The summed E-state index contributed by atoms with van der Waals surface area (Å²) in [5.74, 6) is -0.397. The number of carbonyl (C=O) groups excluding carboxylic acids is 2. The summed E-state index contributed by atoms with van der Waals surface area (Å²) in [5, 5.41) is 4.29. The van der Waals surface area contributed by atoms with Gasteiger partial charge in [-0.15, -0.1) is 0 Å². The predicted octanol–water partition coefficient (Wildman–Crippen LogP) is 6.94. The monoisotopic (exact) mass is 657 g/mol. The van der Waals surface area contributed by atoms with Crippen molar-refractivity contribution in [3.8, 4) is 0 Å². The fourth-order valence-corrected chi connectivity index (χ4v) is 7.04. The molecule has 1 fully saturated rings. The standard InChI is InChI=1S/C34H41Cl2N3O4S/c1-25-30(36)15-9-16-31(25)39(44(2,42)43)22-10-17-33(40)38(24-27-18-20-28(35)21-19-27)32(23-26-11-5-3-6-12-26)34(41)37-29-13-7-4-8-14-29/h3,5-6,9,11-12,15-16,18-21,29,32H,4,7-8,10,13-14,17,22-24H2,1-2H3,(H,37,41). The lowest BCUT2D eigenvalue weighted by atomic mass is 9.94. The van der Waals surface area contributed by atoms with Crippen molar-refractivity contribution >= 4 is 50.7 Å². The molecular weight excluding hydrogens is 617 g/mol. The van der Waals surface area contributed by atoms with Crippen molar-refractivity contribution in [1.29, 1.82) is 0 Å². The van der Waals surface area contributed by atoms with Crippen LogP contribution in [0.15, 0.2) is 72.8 Å². The van der Waals surface area contributed by atoms with Crippen LogP contribution in [0.4, 0.5) is 5.69 Å². The van der Waals surface area contributed by atoms with Gasteiger partial charge in [-0.1, -0.05) is 91.0 Å². The number of nitrogens with one attached hydrogen (secondary N) is 1. The number of carbonyl (C=O) groups is 2. The van der Waals surface area contributed by atoms with E-state index in [0.717, 1.165) is 43.1 Å². The molecule has 0 bridgehead atoms. The number of hydrogen-bond acceptors (Lipinski definition) is 4. The Morgan fingerprint density at radius 1 is 0.909 bits per heavy atom. The summed E-state index contributed by atoms with van der Waals surface area (Å²) in [6, 6.07) is 21.4. The summed E-state index contributed by atoms with van der Waals surface area (Å²) in [7, 11) is -3.64. The van der Waals surface area contributed by atoms with E-state index in [1.165, 1.54) is 10.7 Å². The maximum Gasteiger partial charge on any atom is 0.243 e. The zero-order valence-corrected chi connectivity index (χ0v) is 27.7. The van der Waals surface area contributed by atoms with Crippen molar-refractivity contribution in [3.63, 3.8) is 0 Å². The number of sulfonamides is 1. The van der Waals surface area contributed by atoms with Gasteiger partial charge in [0.1, 0.15) is 6.04 Å². The molecule has 10 heteroatoms. The molecule has 1 aliphatic rings. The Balaban J connectivity index is 1.60.